The molecule has 8 aromatic carbocycles. The predicted molar refractivity (Wildman–Crippen MR) is 284 cm³/mol. The smallest absolute Gasteiger partial charge is 0.0488 e. The lowest BCUT2D eigenvalue weighted by atomic mass is 9.93. The topological polar surface area (TPSA) is 13.0 Å². The molecule has 0 N–H and O–H groups in total. The molecule has 3 heterocycles. The van der Waals surface area contributed by atoms with Gasteiger partial charge in [-0.3, -0.25) is 0 Å². The second kappa shape index (κ2) is 16.6. The second-order valence-corrected chi connectivity index (χ2v) is 17.8. The van der Waals surface area contributed by atoms with Crippen molar-refractivity contribution < 1.29 is 0 Å². The average molecular weight is 863 g/mol. The Hall–Kier alpha value is -8.34. The first-order valence-corrected chi connectivity index (χ1v) is 23.3. The predicted octanol–water partition coefficient (Wildman–Crippen LogP) is 16.0. The number of hydrogen-bond donors (Lipinski definition) is 0. The average Bonchev–Trinajstić information content (AvgIpc) is 3.67. The van der Waals surface area contributed by atoms with E-state index in [9.17, 15) is 0 Å². The first kappa shape index (κ1) is 40.2. The van der Waals surface area contributed by atoms with Crippen LogP contribution in [0.25, 0.3) is 28.9 Å². The van der Waals surface area contributed by atoms with E-state index in [0.717, 1.165) is 29.9 Å². The first-order chi connectivity index (χ1) is 33.0. The van der Waals surface area contributed by atoms with Crippen molar-refractivity contribution in [2.24, 2.45) is 0 Å². The SMILES string of the molecule is CN1C2=C(C=CCC2)C=C(c2ccc(N(c3ccc(C4=Cc5ccccc5N(C)c5ccccc54)cc3)c3ccc(C4=Cc5ccccc5N(C)c5ccccc54)cc3)cc2)c2ccccc21. The van der Waals surface area contributed by atoms with Crippen LogP contribution in [0.2, 0.25) is 0 Å². The standard InChI is InChI=1S/C63H50N4/c1-64-58-22-10-4-16-46(58)40-55(52-19-7-13-25-61(52)64)43-28-34-49(35-29-43)67(50-36-30-44(31-37-50)56-41-47-17-5-11-23-59(47)65(2)62-26-14-8-20-53(56)62)51-38-32-45(33-39-51)57-42-48-18-6-12-24-60(48)66(3)63-27-15-9-21-54(57)63/h4-11,13-23,25-42H,12,24H2,1-3H3. The lowest BCUT2D eigenvalue weighted by Crippen LogP contribution is -2.19. The van der Waals surface area contributed by atoms with E-state index < -0.39 is 0 Å². The van der Waals surface area contributed by atoms with Gasteiger partial charge >= 0.3 is 0 Å². The number of benzene rings is 8. The van der Waals surface area contributed by atoms with Gasteiger partial charge in [-0.15, -0.1) is 0 Å². The third-order valence-corrected chi connectivity index (χ3v) is 14.1. The van der Waals surface area contributed by atoms with Crippen LogP contribution < -0.4 is 19.6 Å². The highest BCUT2D eigenvalue weighted by atomic mass is 15.1. The van der Waals surface area contributed by atoms with Crippen LogP contribution in [0.1, 0.15) is 57.3 Å². The van der Waals surface area contributed by atoms with Crippen LogP contribution in [0.15, 0.2) is 224 Å². The number of anilines is 8. The lowest BCUT2D eigenvalue weighted by molar-refractivity contribution is 0.886. The van der Waals surface area contributed by atoms with E-state index in [1.165, 1.54) is 101 Å². The molecule has 0 amide bonds. The Morgan fingerprint density at radius 2 is 0.716 bits per heavy atom. The highest BCUT2D eigenvalue weighted by Crippen LogP contribution is 2.46. The van der Waals surface area contributed by atoms with Crippen LogP contribution in [0.3, 0.4) is 0 Å². The van der Waals surface area contributed by atoms with Gasteiger partial charge in [0.05, 0.1) is 0 Å². The van der Waals surface area contributed by atoms with Crippen molar-refractivity contribution in [3.05, 3.63) is 268 Å². The summed E-state index contributed by atoms with van der Waals surface area (Å²) in [6.45, 7) is 0. The summed E-state index contributed by atoms with van der Waals surface area (Å²) >= 11 is 0. The van der Waals surface area contributed by atoms with Crippen LogP contribution in [-0.4, -0.2) is 21.1 Å². The summed E-state index contributed by atoms with van der Waals surface area (Å²) in [5.74, 6) is 0. The zero-order chi connectivity index (χ0) is 45.0. The molecule has 4 aliphatic rings. The molecule has 0 radical (unpaired) electrons. The molecule has 67 heavy (non-hydrogen) atoms. The van der Waals surface area contributed by atoms with Crippen molar-refractivity contribution in [3.8, 4) is 0 Å². The van der Waals surface area contributed by atoms with Gasteiger partial charge in [0, 0.05) is 89.0 Å². The fourth-order valence-electron chi connectivity index (χ4n) is 10.6. The van der Waals surface area contributed by atoms with Gasteiger partial charge in [0.15, 0.2) is 0 Å². The van der Waals surface area contributed by atoms with Crippen molar-refractivity contribution in [2.75, 3.05) is 40.7 Å². The van der Waals surface area contributed by atoms with Gasteiger partial charge in [0.25, 0.3) is 0 Å². The zero-order valence-corrected chi connectivity index (χ0v) is 38.1. The summed E-state index contributed by atoms with van der Waals surface area (Å²) in [6.07, 6.45) is 13.8. The Morgan fingerprint density at radius 1 is 0.358 bits per heavy atom. The van der Waals surface area contributed by atoms with Gasteiger partial charge in [0.1, 0.15) is 0 Å². The third kappa shape index (κ3) is 7.01. The molecule has 8 aromatic rings. The van der Waals surface area contributed by atoms with Crippen LogP contribution in [-0.2, 0) is 0 Å². The van der Waals surface area contributed by atoms with E-state index >= 15 is 0 Å². The molecular weight excluding hydrogens is 813 g/mol. The monoisotopic (exact) mass is 862 g/mol. The highest BCUT2D eigenvalue weighted by Gasteiger charge is 2.25. The molecule has 3 aliphatic heterocycles. The minimum atomic E-state index is 1.04. The minimum absolute atomic E-state index is 1.04. The largest absolute Gasteiger partial charge is 0.347 e. The molecule has 0 fully saturated rings. The summed E-state index contributed by atoms with van der Waals surface area (Å²) < 4.78 is 0. The number of rotatable bonds is 6. The van der Waals surface area contributed by atoms with E-state index in [1.54, 1.807) is 0 Å². The maximum Gasteiger partial charge on any atom is 0.0488 e. The Morgan fingerprint density at radius 3 is 1.15 bits per heavy atom. The van der Waals surface area contributed by atoms with Gasteiger partial charge in [0.2, 0.25) is 0 Å². The summed E-state index contributed by atoms with van der Waals surface area (Å²) in [5.41, 5.74) is 25.2. The number of para-hydroxylation sites is 5. The number of nitrogens with zero attached hydrogens (tertiary/aromatic N) is 4. The van der Waals surface area contributed by atoms with Crippen LogP contribution in [0, 0.1) is 0 Å². The summed E-state index contributed by atoms with van der Waals surface area (Å²) in [5, 5.41) is 0. The van der Waals surface area contributed by atoms with E-state index in [4.69, 9.17) is 0 Å². The molecule has 0 saturated carbocycles. The van der Waals surface area contributed by atoms with Gasteiger partial charge in [-0.25, -0.2) is 0 Å². The molecule has 0 atom stereocenters. The van der Waals surface area contributed by atoms with Crippen molar-refractivity contribution in [1.82, 2.24) is 0 Å². The molecule has 4 nitrogen and oxygen atoms in total. The normalized spacial score (nSPS) is 14.7. The van der Waals surface area contributed by atoms with Crippen molar-refractivity contribution in [3.63, 3.8) is 0 Å². The van der Waals surface area contributed by atoms with Crippen LogP contribution >= 0.6 is 0 Å². The molecule has 0 spiro atoms. The first-order valence-electron chi connectivity index (χ1n) is 23.3. The van der Waals surface area contributed by atoms with Gasteiger partial charge in [-0.05, 0) is 148 Å². The van der Waals surface area contributed by atoms with E-state index in [0.29, 0.717) is 0 Å². The fourth-order valence-corrected chi connectivity index (χ4v) is 10.6. The molecule has 322 valence electrons. The zero-order valence-electron chi connectivity index (χ0n) is 38.1. The van der Waals surface area contributed by atoms with Gasteiger partial charge < -0.3 is 19.6 Å². The molecule has 1 aliphatic carbocycles. The molecule has 4 heteroatoms. The molecule has 12 rings (SSSR count). The van der Waals surface area contributed by atoms with Gasteiger partial charge in [-0.2, -0.15) is 0 Å². The fraction of sp³-hybridized carbons (Fsp3) is 0.0794. The van der Waals surface area contributed by atoms with Crippen molar-refractivity contribution >= 4 is 74.4 Å². The molecule has 0 aromatic heterocycles. The Bertz CT molecular complexity index is 3230. The van der Waals surface area contributed by atoms with E-state index in [2.05, 4.69) is 265 Å². The Labute approximate surface area is 394 Å². The number of hydrogen-bond acceptors (Lipinski definition) is 4. The molecule has 0 saturated heterocycles. The molecule has 0 unspecified atom stereocenters. The van der Waals surface area contributed by atoms with Gasteiger partial charge in [-0.1, -0.05) is 140 Å². The summed E-state index contributed by atoms with van der Waals surface area (Å²) in [7, 11) is 6.55. The molecular formula is C63H50N4. The minimum Gasteiger partial charge on any atom is -0.347 e. The highest BCUT2D eigenvalue weighted by molar-refractivity contribution is 6.03. The number of allylic oxidation sites excluding steroid dienone is 5. The summed E-state index contributed by atoms with van der Waals surface area (Å²) in [4.78, 5) is 9.40. The quantitative estimate of drug-likeness (QED) is 0.165. The Kier molecular flexibility index (Phi) is 9.95. The maximum absolute atomic E-state index is 2.39. The van der Waals surface area contributed by atoms with Crippen molar-refractivity contribution in [2.45, 2.75) is 12.8 Å². The second-order valence-electron chi connectivity index (χ2n) is 17.8. The molecule has 0 bridgehead atoms. The van der Waals surface area contributed by atoms with E-state index in [1.807, 2.05) is 0 Å². The lowest BCUT2D eigenvalue weighted by Gasteiger charge is -2.27. The van der Waals surface area contributed by atoms with Crippen LogP contribution in [0.4, 0.5) is 45.5 Å². The third-order valence-electron chi connectivity index (χ3n) is 14.1. The van der Waals surface area contributed by atoms with E-state index in [-0.39, 0.29) is 0 Å². The van der Waals surface area contributed by atoms with Crippen LogP contribution in [0.5, 0.6) is 0 Å². The maximum atomic E-state index is 2.39. The number of fused-ring (bicyclic) bond motifs is 5. The Balaban J connectivity index is 0.968. The van der Waals surface area contributed by atoms with Crippen molar-refractivity contribution in [1.29, 1.82) is 0 Å². The summed E-state index contributed by atoms with van der Waals surface area (Å²) in [6, 6.07) is 71.1.